The molecule has 0 aliphatic heterocycles. The molecule has 0 saturated carbocycles. The van der Waals surface area contributed by atoms with Crippen molar-refractivity contribution in [2.45, 2.75) is 33.9 Å². The molecule has 0 saturated heterocycles. The van der Waals surface area contributed by atoms with Crippen LogP contribution in [-0.4, -0.2) is 29.1 Å². The zero-order valence-corrected chi connectivity index (χ0v) is 13.0. The Balaban J connectivity index is 2.18. The number of aromatic amines is 1. The van der Waals surface area contributed by atoms with Crippen LogP contribution in [0, 0.1) is 18.6 Å². The highest BCUT2D eigenvalue weighted by Gasteiger charge is 2.15. The van der Waals surface area contributed by atoms with Crippen molar-refractivity contribution in [1.29, 1.82) is 0 Å². The van der Waals surface area contributed by atoms with Crippen LogP contribution in [0.3, 0.4) is 0 Å². The Morgan fingerprint density at radius 1 is 1.25 bits per heavy atom. The van der Waals surface area contributed by atoms with Crippen LogP contribution in [0.4, 0.5) is 0 Å². The summed E-state index contributed by atoms with van der Waals surface area (Å²) < 4.78 is 6.65. The molecule has 7 heteroatoms. The second kappa shape index (κ2) is 4.59. The number of imidazole rings is 1. The number of aromatic nitrogens is 6. The van der Waals surface area contributed by atoms with E-state index in [2.05, 4.69) is 26.7 Å². The van der Waals surface area contributed by atoms with Gasteiger partial charge in [-0.1, -0.05) is 0 Å². The van der Waals surface area contributed by atoms with E-state index in [1.165, 1.54) is 5.56 Å². The summed E-state index contributed by atoms with van der Waals surface area (Å²) in [6.07, 6.45) is 2.04. The monoisotopic (exact) mass is 290 g/mol. The van der Waals surface area contributed by atoms with E-state index < -0.39 is 0 Å². The number of nitrogens with one attached hydrogen (secondary N) is 1. The zero-order valence-electron chi connectivity index (χ0n) is 12.1. The number of aryl methyl sites for hydroxylation is 4. The van der Waals surface area contributed by atoms with Gasteiger partial charge in [-0.15, -0.1) is 0 Å². The average molecular weight is 290 g/mol. The molecule has 0 atom stereocenters. The lowest BCUT2D eigenvalue weighted by Crippen LogP contribution is -2.06. The molecule has 0 unspecified atom stereocenters. The van der Waals surface area contributed by atoms with Gasteiger partial charge in [0.25, 0.3) is 0 Å². The predicted octanol–water partition coefficient (Wildman–Crippen LogP) is 2.31. The minimum atomic E-state index is 0.712. The van der Waals surface area contributed by atoms with E-state index in [0.29, 0.717) is 6.54 Å². The average Bonchev–Trinajstić information content (AvgIpc) is 2.98. The maximum absolute atomic E-state index is 5.46. The van der Waals surface area contributed by atoms with Gasteiger partial charge in [-0.3, -0.25) is 9.25 Å². The van der Waals surface area contributed by atoms with Gasteiger partial charge in [-0.2, -0.15) is 10.2 Å². The Kier molecular flexibility index (Phi) is 3.01. The molecule has 106 valence electrons. The van der Waals surface area contributed by atoms with Crippen LogP contribution in [0.1, 0.15) is 23.9 Å². The standard InChI is InChI=1S/C13H18N6S/c1-5-19-12-11(9(3)16-19)14-13(20)18(12)7-10-6-17(4)15-8(10)2/h6H,5,7H2,1-4H3,(H,14,20). The third-order valence-corrected chi connectivity index (χ3v) is 3.90. The van der Waals surface area contributed by atoms with Crippen LogP contribution in [0.15, 0.2) is 6.20 Å². The molecular weight excluding hydrogens is 272 g/mol. The Labute approximate surface area is 122 Å². The fraction of sp³-hybridized carbons (Fsp3) is 0.462. The van der Waals surface area contributed by atoms with Crippen molar-refractivity contribution in [2.75, 3.05) is 0 Å². The normalized spacial score (nSPS) is 11.6. The highest BCUT2D eigenvalue weighted by Crippen LogP contribution is 2.20. The minimum Gasteiger partial charge on any atom is -0.328 e. The molecule has 3 rings (SSSR count). The van der Waals surface area contributed by atoms with Crippen LogP contribution in [0.5, 0.6) is 0 Å². The summed E-state index contributed by atoms with van der Waals surface area (Å²) in [5.41, 5.74) is 5.26. The topological polar surface area (TPSA) is 56.4 Å². The first kappa shape index (κ1) is 13.1. The largest absolute Gasteiger partial charge is 0.328 e. The highest BCUT2D eigenvalue weighted by molar-refractivity contribution is 7.71. The summed E-state index contributed by atoms with van der Waals surface area (Å²) in [7, 11) is 1.93. The fourth-order valence-corrected chi connectivity index (χ4v) is 2.86. The molecule has 0 bridgehead atoms. The molecule has 0 spiro atoms. The smallest absolute Gasteiger partial charge is 0.179 e. The number of fused-ring (bicyclic) bond motifs is 1. The summed E-state index contributed by atoms with van der Waals surface area (Å²) in [5.74, 6) is 0. The third kappa shape index (κ3) is 1.89. The molecule has 20 heavy (non-hydrogen) atoms. The molecule has 0 aliphatic rings. The van der Waals surface area contributed by atoms with Crippen molar-refractivity contribution >= 4 is 23.4 Å². The molecule has 1 N–H and O–H groups in total. The molecular formula is C13H18N6S. The predicted molar refractivity (Wildman–Crippen MR) is 80.4 cm³/mol. The second-order valence-corrected chi connectivity index (χ2v) is 5.42. The molecule has 6 nitrogen and oxygen atoms in total. The molecule has 0 aliphatic carbocycles. The van der Waals surface area contributed by atoms with E-state index in [0.717, 1.165) is 33.9 Å². The Bertz CT molecular complexity index is 831. The molecule has 0 radical (unpaired) electrons. The number of rotatable bonds is 3. The summed E-state index contributed by atoms with van der Waals surface area (Å²) in [5, 5.41) is 8.92. The lowest BCUT2D eigenvalue weighted by atomic mass is 10.2. The number of H-pyrrole nitrogens is 1. The first-order valence-electron chi connectivity index (χ1n) is 6.66. The maximum Gasteiger partial charge on any atom is 0.179 e. The molecule has 3 aromatic heterocycles. The van der Waals surface area contributed by atoms with Crippen molar-refractivity contribution in [3.8, 4) is 0 Å². The van der Waals surface area contributed by atoms with Crippen LogP contribution >= 0.6 is 12.2 Å². The summed E-state index contributed by atoms with van der Waals surface area (Å²) in [4.78, 5) is 3.26. The Morgan fingerprint density at radius 2 is 2.00 bits per heavy atom. The van der Waals surface area contributed by atoms with Gasteiger partial charge in [0.2, 0.25) is 0 Å². The molecule has 0 fully saturated rings. The van der Waals surface area contributed by atoms with Gasteiger partial charge >= 0.3 is 0 Å². The third-order valence-electron chi connectivity index (χ3n) is 3.58. The summed E-state index contributed by atoms with van der Waals surface area (Å²) >= 11 is 5.46. The van der Waals surface area contributed by atoms with E-state index >= 15 is 0 Å². The lowest BCUT2D eigenvalue weighted by molar-refractivity contribution is 0.643. The number of hydrogen-bond acceptors (Lipinski definition) is 3. The maximum atomic E-state index is 5.46. The second-order valence-electron chi connectivity index (χ2n) is 5.03. The number of hydrogen-bond donors (Lipinski definition) is 1. The van der Waals surface area contributed by atoms with Crippen LogP contribution in [0.25, 0.3) is 11.2 Å². The lowest BCUT2D eigenvalue weighted by Gasteiger charge is -2.05. The SMILES string of the molecule is CCn1nc(C)c2[nH]c(=S)n(Cc3cn(C)nc3C)c21. The van der Waals surface area contributed by atoms with Gasteiger partial charge in [0.05, 0.1) is 17.9 Å². The minimum absolute atomic E-state index is 0.712. The fourth-order valence-electron chi connectivity index (χ4n) is 2.60. The highest BCUT2D eigenvalue weighted by atomic mass is 32.1. The number of nitrogens with zero attached hydrogens (tertiary/aromatic N) is 5. The van der Waals surface area contributed by atoms with E-state index in [-0.39, 0.29) is 0 Å². The van der Waals surface area contributed by atoms with E-state index in [1.807, 2.05) is 36.5 Å². The van der Waals surface area contributed by atoms with Crippen molar-refractivity contribution in [1.82, 2.24) is 29.1 Å². The molecule has 3 aromatic rings. The zero-order chi connectivity index (χ0) is 14.4. The summed E-state index contributed by atoms with van der Waals surface area (Å²) in [6, 6.07) is 0. The summed E-state index contributed by atoms with van der Waals surface area (Å²) in [6.45, 7) is 7.64. The van der Waals surface area contributed by atoms with E-state index in [4.69, 9.17) is 12.2 Å². The van der Waals surface area contributed by atoms with Gasteiger partial charge in [-0.25, -0.2) is 4.68 Å². The van der Waals surface area contributed by atoms with Crippen LogP contribution < -0.4 is 0 Å². The van der Waals surface area contributed by atoms with Crippen molar-refractivity contribution in [3.05, 3.63) is 27.9 Å². The molecule has 3 heterocycles. The van der Waals surface area contributed by atoms with Gasteiger partial charge < -0.3 is 4.98 Å². The van der Waals surface area contributed by atoms with E-state index in [9.17, 15) is 0 Å². The first-order chi connectivity index (χ1) is 9.51. The van der Waals surface area contributed by atoms with Gasteiger partial charge in [0, 0.05) is 25.4 Å². The van der Waals surface area contributed by atoms with Crippen LogP contribution in [-0.2, 0) is 20.1 Å². The molecule has 0 aromatic carbocycles. The Morgan fingerprint density at radius 3 is 2.60 bits per heavy atom. The first-order valence-corrected chi connectivity index (χ1v) is 7.07. The van der Waals surface area contributed by atoms with Gasteiger partial charge in [0.15, 0.2) is 10.4 Å². The van der Waals surface area contributed by atoms with E-state index in [1.54, 1.807) is 0 Å². The van der Waals surface area contributed by atoms with Crippen molar-refractivity contribution < 1.29 is 0 Å². The van der Waals surface area contributed by atoms with Crippen molar-refractivity contribution in [3.63, 3.8) is 0 Å². The van der Waals surface area contributed by atoms with Crippen molar-refractivity contribution in [2.24, 2.45) is 7.05 Å². The van der Waals surface area contributed by atoms with Gasteiger partial charge in [0.1, 0.15) is 5.52 Å². The van der Waals surface area contributed by atoms with Crippen LogP contribution in [0.2, 0.25) is 0 Å². The Hall–Kier alpha value is -1.89. The quantitative estimate of drug-likeness (QED) is 0.753. The van der Waals surface area contributed by atoms with Gasteiger partial charge in [-0.05, 0) is 33.0 Å². The molecule has 0 amide bonds.